The Hall–Kier alpha value is -4.16. The zero-order valence-electron chi connectivity index (χ0n) is 26.8. The number of rotatable bonds is 12. The van der Waals surface area contributed by atoms with Crippen molar-refractivity contribution in [2.45, 2.75) is 63.9 Å². The van der Waals surface area contributed by atoms with Crippen molar-refractivity contribution in [1.29, 1.82) is 0 Å². The van der Waals surface area contributed by atoms with Crippen molar-refractivity contribution in [3.63, 3.8) is 0 Å². The molecular weight excluding hydrogens is 611 g/mol. The summed E-state index contributed by atoms with van der Waals surface area (Å²) in [6, 6.07) is 18.9. The molecule has 4 aromatic rings. The van der Waals surface area contributed by atoms with Crippen molar-refractivity contribution in [3.8, 4) is 17.1 Å². The summed E-state index contributed by atoms with van der Waals surface area (Å²) in [6.07, 6.45) is -2.19. The summed E-state index contributed by atoms with van der Waals surface area (Å²) in [5.41, 5.74) is 2.24. The van der Waals surface area contributed by atoms with Crippen LogP contribution in [0, 0.1) is 0 Å². The van der Waals surface area contributed by atoms with E-state index in [1.54, 1.807) is 30.1 Å². The molecule has 1 N–H and O–H groups in total. The van der Waals surface area contributed by atoms with Crippen LogP contribution in [0.2, 0.25) is 25.7 Å². The molecule has 1 fully saturated rings. The van der Waals surface area contributed by atoms with Crippen molar-refractivity contribution in [3.05, 3.63) is 89.7 Å². The van der Waals surface area contributed by atoms with Gasteiger partial charge in [0.1, 0.15) is 23.9 Å². The van der Waals surface area contributed by atoms with Crippen LogP contribution in [0.25, 0.3) is 11.4 Å². The van der Waals surface area contributed by atoms with E-state index in [2.05, 4.69) is 29.9 Å². The molecule has 46 heavy (non-hydrogen) atoms. The zero-order chi connectivity index (χ0) is 33.1. The van der Waals surface area contributed by atoms with E-state index in [0.717, 1.165) is 35.2 Å². The minimum atomic E-state index is -4.42. The van der Waals surface area contributed by atoms with Crippen LogP contribution in [0.4, 0.5) is 24.5 Å². The molecule has 0 radical (unpaired) electrons. The number of hydrogen-bond acceptors (Lipinski definition) is 6. The van der Waals surface area contributed by atoms with Crippen LogP contribution in [0.3, 0.4) is 0 Å². The Kier molecular flexibility index (Phi) is 9.59. The number of amides is 1. The Balaban J connectivity index is 1.44. The van der Waals surface area contributed by atoms with Crippen LogP contribution in [-0.4, -0.2) is 53.9 Å². The van der Waals surface area contributed by atoms with Crippen LogP contribution >= 0.6 is 0 Å². The number of anilines is 2. The molecule has 0 bridgehead atoms. The lowest BCUT2D eigenvalue weighted by Crippen LogP contribution is -2.37. The van der Waals surface area contributed by atoms with E-state index in [1.165, 1.54) is 12.1 Å². The van der Waals surface area contributed by atoms with Gasteiger partial charge < -0.3 is 19.7 Å². The van der Waals surface area contributed by atoms with Crippen molar-refractivity contribution in [2.75, 3.05) is 25.6 Å². The molecule has 0 spiro atoms. The highest BCUT2D eigenvalue weighted by Gasteiger charge is 2.46. The third-order valence-electron chi connectivity index (χ3n) is 8.27. The van der Waals surface area contributed by atoms with Crippen molar-refractivity contribution < 1.29 is 27.4 Å². The third kappa shape index (κ3) is 7.61. The maximum absolute atomic E-state index is 14.0. The van der Waals surface area contributed by atoms with Gasteiger partial charge in [0.2, 0.25) is 5.91 Å². The van der Waals surface area contributed by atoms with Gasteiger partial charge in [-0.1, -0.05) is 31.8 Å². The highest BCUT2D eigenvalue weighted by Crippen LogP contribution is 2.39. The normalized spacial score (nSPS) is 17.0. The first-order chi connectivity index (χ1) is 21.8. The molecule has 1 aliphatic rings. The highest BCUT2D eigenvalue weighted by atomic mass is 28.3. The van der Waals surface area contributed by atoms with Crippen molar-refractivity contribution >= 4 is 25.4 Å². The maximum Gasteiger partial charge on any atom is 0.416 e. The van der Waals surface area contributed by atoms with Crippen molar-refractivity contribution in [1.82, 2.24) is 19.7 Å². The predicted octanol–water partition coefficient (Wildman–Crippen LogP) is 7.72. The Morgan fingerprint density at radius 2 is 1.76 bits per heavy atom. The predicted molar refractivity (Wildman–Crippen MR) is 175 cm³/mol. The molecule has 2 aromatic heterocycles. The fraction of sp³-hybridized carbons (Fsp3) is 0.382. The van der Waals surface area contributed by atoms with Crippen LogP contribution in [0.15, 0.2) is 72.9 Å². The van der Waals surface area contributed by atoms with Gasteiger partial charge in [-0.25, -0.2) is 4.68 Å². The molecule has 3 heterocycles. The van der Waals surface area contributed by atoms with Gasteiger partial charge in [-0.05, 0) is 79.5 Å². The molecule has 244 valence electrons. The molecule has 0 saturated carbocycles. The number of carbonyl (C=O) groups excluding carboxylic acids is 1. The Bertz CT molecular complexity index is 1650. The number of benzene rings is 2. The molecule has 1 atom stereocenters. The summed E-state index contributed by atoms with van der Waals surface area (Å²) >= 11 is 0. The van der Waals surface area contributed by atoms with Crippen molar-refractivity contribution in [2.24, 2.45) is 0 Å². The number of nitrogens with zero attached hydrogens (tertiary/aromatic N) is 4. The molecule has 1 unspecified atom stereocenters. The van der Waals surface area contributed by atoms with Gasteiger partial charge in [0.25, 0.3) is 0 Å². The highest BCUT2D eigenvalue weighted by molar-refractivity contribution is 6.76. The van der Waals surface area contributed by atoms with Crippen LogP contribution in [-0.2, 0) is 34.4 Å². The fourth-order valence-electron chi connectivity index (χ4n) is 5.47. The average Bonchev–Trinajstić information content (AvgIpc) is 3.57. The number of carbonyl (C=O) groups is 1. The standard InChI is InChI=1S/C34H40F3N5O3Si/c1-33(16-18-41(32(33)43)22-24-8-14-27(44-2)15-9-24)30-21-29(40-42(30)23-45-19-20-46(3,4)5)31-28(7-6-17-38-31)39-26-12-10-25(11-13-26)34(35,36)37/h6-15,17,21,39H,16,18-20,22-23H2,1-5H3. The Labute approximate surface area is 268 Å². The van der Waals surface area contributed by atoms with E-state index in [9.17, 15) is 18.0 Å². The van der Waals surface area contributed by atoms with Gasteiger partial charge in [-0.2, -0.15) is 18.3 Å². The van der Waals surface area contributed by atoms with Gasteiger partial charge in [0, 0.05) is 39.7 Å². The van der Waals surface area contributed by atoms with E-state index in [-0.39, 0.29) is 12.6 Å². The summed E-state index contributed by atoms with van der Waals surface area (Å²) < 4.78 is 52.5. The number of aromatic nitrogens is 3. The Morgan fingerprint density at radius 3 is 2.41 bits per heavy atom. The molecule has 2 aromatic carbocycles. The fourth-order valence-corrected chi connectivity index (χ4v) is 6.23. The molecule has 5 rings (SSSR count). The summed E-state index contributed by atoms with van der Waals surface area (Å²) in [5, 5.41) is 8.07. The SMILES string of the molecule is COc1ccc(CN2CCC(C)(c3cc(-c4ncccc4Nc4ccc(C(F)(F)F)cc4)nn3COCC[Si](C)(C)C)C2=O)cc1. The molecule has 12 heteroatoms. The van der Waals surface area contributed by atoms with E-state index in [1.807, 2.05) is 42.2 Å². The van der Waals surface area contributed by atoms with E-state index in [0.29, 0.717) is 48.9 Å². The second kappa shape index (κ2) is 13.3. The number of hydrogen-bond donors (Lipinski definition) is 1. The lowest BCUT2D eigenvalue weighted by Gasteiger charge is -2.25. The van der Waals surface area contributed by atoms with E-state index < -0.39 is 25.2 Å². The minimum Gasteiger partial charge on any atom is -0.497 e. The van der Waals surface area contributed by atoms with Crippen LogP contribution in [0.5, 0.6) is 5.75 Å². The monoisotopic (exact) mass is 651 g/mol. The summed E-state index contributed by atoms with van der Waals surface area (Å²) in [6.45, 7) is 10.6. The largest absolute Gasteiger partial charge is 0.497 e. The van der Waals surface area contributed by atoms with Gasteiger partial charge in [0.05, 0.1) is 29.5 Å². The summed E-state index contributed by atoms with van der Waals surface area (Å²) in [5.74, 6) is 0.760. The maximum atomic E-state index is 14.0. The first-order valence-electron chi connectivity index (χ1n) is 15.2. The summed E-state index contributed by atoms with van der Waals surface area (Å²) in [7, 11) is 0.297. The number of ether oxygens (including phenoxy) is 2. The minimum absolute atomic E-state index is 0.00207. The van der Waals surface area contributed by atoms with Crippen LogP contribution in [0.1, 0.15) is 30.2 Å². The second-order valence-electron chi connectivity index (χ2n) is 13.0. The summed E-state index contributed by atoms with van der Waals surface area (Å²) in [4.78, 5) is 20.5. The quantitative estimate of drug-likeness (QED) is 0.125. The van der Waals surface area contributed by atoms with Gasteiger partial charge in [0.15, 0.2) is 0 Å². The van der Waals surface area contributed by atoms with Crippen LogP contribution < -0.4 is 10.1 Å². The van der Waals surface area contributed by atoms with Gasteiger partial charge >= 0.3 is 6.18 Å². The molecule has 8 nitrogen and oxygen atoms in total. The smallest absolute Gasteiger partial charge is 0.416 e. The number of alkyl halides is 3. The molecule has 1 aliphatic heterocycles. The van der Waals surface area contributed by atoms with E-state index >= 15 is 0 Å². The first-order valence-corrected chi connectivity index (χ1v) is 19.0. The number of methoxy groups -OCH3 is 1. The Morgan fingerprint density at radius 1 is 1.04 bits per heavy atom. The number of nitrogens with one attached hydrogen (secondary N) is 1. The lowest BCUT2D eigenvalue weighted by atomic mass is 9.84. The second-order valence-corrected chi connectivity index (χ2v) is 18.6. The van der Waals surface area contributed by atoms with Gasteiger partial charge in [-0.15, -0.1) is 0 Å². The number of halogens is 3. The molecule has 0 aliphatic carbocycles. The molecule has 1 saturated heterocycles. The number of likely N-dealkylation sites (tertiary alicyclic amines) is 1. The topological polar surface area (TPSA) is 81.5 Å². The number of pyridine rings is 1. The molecule has 1 amide bonds. The van der Waals surface area contributed by atoms with E-state index in [4.69, 9.17) is 14.6 Å². The average molecular weight is 652 g/mol. The lowest BCUT2D eigenvalue weighted by molar-refractivity contribution is -0.137. The third-order valence-corrected chi connectivity index (χ3v) is 9.97. The molecular formula is C34H40F3N5O3Si. The van der Waals surface area contributed by atoms with Gasteiger partial charge in [-0.3, -0.25) is 9.78 Å². The zero-order valence-corrected chi connectivity index (χ0v) is 27.8. The first kappa shape index (κ1) is 33.2.